The van der Waals surface area contributed by atoms with Gasteiger partial charge in [-0.3, -0.25) is 4.57 Å². The molecule has 0 aliphatic carbocycles. The van der Waals surface area contributed by atoms with Gasteiger partial charge in [0.1, 0.15) is 5.66 Å². The lowest BCUT2D eigenvalue weighted by Crippen LogP contribution is -2.40. The van der Waals surface area contributed by atoms with Crippen molar-refractivity contribution in [3.63, 3.8) is 0 Å². The molecule has 0 radical (unpaired) electrons. The van der Waals surface area contributed by atoms with E-state index in [0.717, 1.165) is 0 Å². The minimum Gasteiger partial charge on any atom is -0.311 e. The predicted molar refractivity (Wildman–Crippen MR) is 88.4 cm³/mol. The summed E-state index contributed by atoms with van der Waals surface area (Å²) < 4.78 is 23.5. The van der Waals surface area contributed by atoms with Crippen LogP contribution >= 0.6 is 7.60 Å². The summed E-state index contributed by atoms with van der Waals surface area (Å²) >= 11 is 0. The van der Waals surface area contributed by atoms with E-state index in [1.54, 1.807) is 44.2 Å². The van der Waals surface area contributed by atoms with Gasteiger partial charge in [0.05, 0.1) is 12.1 Å². The van der Waals surface area contributed by atoms with Crippen LogP contribution in [0.25, 0.3) is 0 Å². The SMILES string of the molecule is C=CC(C)(C)C(C#N)(C#N)C(c1ccccc1)P(=O)(OC)OC. The fourth-order valence-corrected chi connectivity index (χ4v) is 4.57. The Bertz CT molecular complexity index is 664. The smallest absolute Gasteiger partial charge is 0.311 e. The third kappa shape index (κ3) is 3.09. The average molecular weight is 332 g/mol. The van der Waals surface area contributed by atoms with E-state index in [0.29, 0.717) is 5.56 Å². The van der Waals surface area contributed by atoms with Gasteiger partial charge in [0.2, 0.25) is 0 Å². The molecule has 0 N–H and O–H groups in total. The summed E-state index contributed by atoms with van der Waals surface area (Å²) in [6, 6.07) is 12.8. The molecule has 0 aliphatic heterocycles. The second kappa shape index (κ2) is 7.11. The molecule has 1 atom stereocenters. The van der Waals surface area contributed by atoms with Gasteiger partial charge in [-0.1, -0.05) is 50.3 Å². The molecule has 0 aromatic heterocycles. The van der Waals surface area contributed by atoms with E-state index in [4.69, 9.17) is 9.05 Å². The number of rotatable bonds is 7. The Kier molecular flexibility index (Phi) is 5.92. The molecular weight excluding hydrogens is 311 g/mol. The second-order valence-electron chi connectivity index (χ2n) is 5.68. The molecule has 1 aromatic rings. The fraction of sp³-hybridized carbons (Fsp3) is 0.412. The van der Waals surface area contributed by atoms with E-state index < -0.39 is 24.1 Å². The predicted octanol–water partition coefficient (Wildman–Crippen LogP) is 4.46. The van der Waals surface area contributed by atoms with E-state index in [1.807, 2.05) is 0 Å². The normalized spacial score (nSPS) is 13.7. The van der Waals surface area contributed by atoms with Crippen LogP contribution in [0, 0.1) is 33.5 Å². The molecule has 0 fully saturated rings. The van der Waals surface area contributed by atoms with E-state index in [1.165, 1.54) is 20.3 Å². The molecule has 0 bridgehead atoms. The lowest BCUT2D eigenvalue weighted by molar-refractivity contribution is 0.201. The molecule has 0 spiro atoms. The highest BCUT2D eigenvalue weighted by Gasteiger charge is 2.59. The highest BCUT2D eigenvalue weighted by molar-refractivity contribution is 7.54. The van der Waals surface area contributed by atoms with E-state index in [2.05, 4.69) is 18.7 Å². The largest absolute Gasteiger partial charge is 0.340 e. The maximum atomic E-state index is 13.2. The second-order valence-corrected chi connectivity index (χ2v) is 8.00. The highest BCUT2D eigenvalue weighted by atomic mass is 31.2. The van der Waals surface area contributed by atoms with Crippen molar-refractivity contribution >= 4 is 7.60 Å². The monoisotopic (exact) mass is 332 g/mol. The molecule has 0 amide bonds. The van der Waals surface area contributed by atoms with E-state index in [9.17, 15) is 15.1 Å². The minimum absolute atomic E-state index is 0.539. The van der Waals surface area contributed by atoms with Gasteiger partial charge in [0.25, 0.3) is 0 Å². The van der Waals surface area contributed by atoms with Crippen molar-refractivity contribution in [3.05, 3.63) is 48.6 Å². The van der Waals surface area contributed by atoms with Crippen LogP contribution in [0.4, 0.5) is 0 Å². The average Bonchev–Trinajstić information content (AvgIpc) is 2.59. The van der Waals surface area contributed by atoms with E-state index in [-0.39, 0.29) is 0 Å². The van der Waals surface area contributed by atoms with Crippen LogP contribution in [0.1, 0.15) is 25.1 Å². The summed E-state index contributed by atoms with van der Waals surface area (Å²) in [5.74, 6) is 0. The topological polar surface area (TPSA) is 83.1 Å². The lowest BCUT2D eigenvalue weighted by Gasteiger charge is -2.41. The van der Waals surface area contributed by atoms with Gasteiger partial charge in [-0.05, 0) is 5.56 Å². The Morgan fingerprint density at radius 2 is 1.65 bits per heavy atom. The quantitative estimate of drug-likeness (QED) is 0.544. The van der Waals surface area contributed by atoms with Crippen LogP contribution in [-0.2, 0) is 13.6 Å². The van der Waals surface area contributed by atoms with Gasteiger partial charge < -0.3 is 9.05 Å². The summed E-state index contributed by atoms with van der Waals surface area (Å²) in [5.41, 5.74) is -3.17. The molecule has 5 nitrogen and oxygen atoms in total. The number of nitriles is 2. The van der Waals surface area contributed by atoms with Crippen molar-refractivity contribution in [2.24, 2.45) is 10.8 Å². The van der Waals surface area contributed by atoms with Gasteiger partial charge in [-0.15, -0.1) is 6.58 Å². The van der Waals surface area contributed by atoms with Crippen LogP contribution < -0.4 is 0 Å². The minimum atomic E-state index is -3.77. The molecule has 0 aliphatic rings. The Morgan fingerprint density at radius 1 is 1.17 bits per heavy atom. The van der Waals surface area contributed by atoms with Crippen molar-refractivity contribution in [2.45, 2.75) is 19.5 Å². The molecule has 23 heavy (non-hydrogen) atoms. The first-order chi connectivity index (χ1) is 10.8. The maximum Gasteiger partial charge on any atom is 0.340 e. The Hall–Kier alpha value is -1.91. The van der Waals surface area contributed by atoms with Gasteiger partial charge in [0.15, 0.2) is 5.41 Å². The number of allylic oxidation sites excluding steroid dienone is 1. The van der Waals surface area contributed by atoms with Crippen molar-refractivity contribution in [2.75, 3.05) is 14.2 Å². The third-order valence-corrected chi connectivity index (χ3v) is 6.57. The zero-order valence-corrected chi connectivity index (χ0v) is 14.7. The Labute approximate surface area is 137 Å². The fourth-order valence-electron chi connectivity index (χ4n) is 2.54. The summed E-state index contributed by atoms with van der Waals surface area (Å²) in [4.78, 5) is 0. The van der Waals surface area contributed by atoms with Gasteiger partial charge >= 0.3 is 7.60 Å². The highest BCUT2D eigenvalue weighted by Crippen LogP contribution is 2.69. The summed E-state index contributed by atoms with van der Waals surface area (Å²) in [5, 5.41) is 19.8. The molecule has 1 aromatic carbocycles. The van der Waals surface area contributed by atoms with Crippen LogP contribution in [0.2, 0.25) is 0 Å². The number of hydrogen-bond acceptors (Lipinski definition) is 5. The van der Waals surface area contributed by atoms with Crippen LogP contribution in [0.15, 0.2) is 43.0 Å². The molecule has 0 saturated heterocycles. The first-order valence-corrected chi connectivity index (χ1v) is 8.62. The zero-order chi connectivity index (χ0) is 17.7. The molecule has 0 heterocycles. The molecule has 6 heteroatoms. The molecule has 0 saturated carbocycles. The Balaban J connectivity index is 3.83. The standard InChI is InChI=1S/C17H21N2O3P/c1-6-16(2,3)17(12-18,13-19)15(23(20,21-4)22-5)14-10-8-7-9-11-14/h6-11,15H,1H2,2-5H3. The first kappa shape index (κ1) is 19.1. The van der Waals surface area contributed by atoms with Gasteiger partial charge in [0, 0.05) is 19.6 Å². The van der Waals surface area contributed by atoms with Crippen molar-refractivity contribution < 1.29 is 13.6 Å². The molecule has 122 valence electrons. The first-order valence-electron chi connectivity index (χ1n) is 7.00. The lowest BCUT2D eigenvalue weighted by atomic mass is 9.64. The summed E-state index contributed by atoms with van der Waals surface area (Å²) in [6.45, 7) is 7.14. The number of benzene rings is 1. The molecule has 1 unspecified atom stereocenters. The van der Waals surface area contributed by atoms with Gasteiger partial charge in [-0.25, -0.2) is 0 Å². The third-order valence-electron chi connectivity index (χ3n) is 4.23. The van der Waals surface area contributed by atoms with Crippen LogP contribution in [-0.4, -0.2) is 14.2 Å². The summed E-state index contributed by atoms with van der Waals surface area (Å²) in [7, 11) is -1.27. The summed E-state index contributed by atoms with van der Waals surface area (Å²) in [6.07, 6.45) is 1.52. The maximum absolute atomic E-state index is 13.2. The van der Waals surface area contributed by atoms with Crippen molar-refractivity contribution in [3.8, 4) is 12.1 Å². The molecular formula is C17H21N2O3P. The number of hydrogen-bond donors (Lipinski definition) is 0. The van der Waals surface area contributed by atoms with Crippen molar-refractivity contribution in [1.82, 2.24) is 0 Å². The molecule has 1 rings (SSSR count). The Morgan fingerprint density at radius 3 is 2.00 bits per heavy atom. The zero-order valence-electron chi connectivity index (χ0n) is 13.8. The van der Waals surface area contributed by atoms with E-state index >= 15 is 0 Å². The van der Waals surface area contributed by atoms with Crippen LogP contribution in [0.5, 0.6) is 0 Å². The number of nitrogens with zero attached hydrogens (tertiary/aromatic N) is 2. The van der Waals surface area contributed by atoms with Crippen molar-refractivity contribution in [1.29, 1.82) is 10.5 Å². The van der Waals surface area contributed by atoms with Gasteiger partial charge in [-0.2, -0.15) is 10.5 Å². The van der Waals surface area contributed by atoms with Crippen LogP contribution in [0.3, 0.4) is 0 Å².